The monoisotopic (exact) mass is 398 g/mol. The zero-order chi connectivity index (χ0) is 20.1. The third-order valence-corrected chi connectivity index (χ3v) is 7.86. The molecule has 1 spiro atoms. The molecule has 0 radical (unpaired) electrons. The van der Waals surface area contributed by atoms with Crippen LogP contribution < -0.4 is 0 Å². The minimum atomic E-state index is 0.00735. The number of benzene rings is 1. The molecular weight excluding hydrogens is 360 g/mol. The summed E-state index contributed by atoms with van der Waals surface area (Å²) in [5.74, 6) is 0.952. The quantitative estimate of drug-likeness (QED) is 0.678. The largest absolute Gasteiger partial charge is 0.469 e. The SMILES string of the molecule is COC(=O)C1CN(CCc2ccccc2)CC12CCN(CC1CCCCC1)CC2. The van der Waals surface area contributed by atoms with E-state index in [1.54, 1.807) is 7.11 Å². The molecule has 160 valence electrons. The fraction of sp³-hybridized carbons (Fsp3) is 0.720. The number of carbonyl (C=O) groups is 1. The fourth-order valence-corrected chi connectivity index (χ4v) is 6.06. The summed E-state index contributed by atoms with van der Waals surface area (Å²) < 4.78 is 5.24. The molecule has 2 saturated heterocycles. The number of methoxy groups -OCH3 is 1. The Hall–Kier alpha value is -1.39. The van der Waals surface area contributed by atoms with Crippen LogP contribution in [0.5, 0.6) is 0 Å². The van der Waals surface area contributed by atoms with E-state index >= 15 is 0 Å². The second kappa shape index (κ2) is 9.61. The smallest absolute Gasteiger partial charge is 0.310 e. The van der Waals surface area contributed by atoms with Crippen molar-refractivity contribution < 1.29 is 9.53 Å². The Bertz CT molecular complexity index is 648. The van der Waals surface area contributed by atoms with Crippen LogP contribution >= 0.6 is 0 Å². The molecule has 1 saturated carbocycles. The zero-order valence-corrected chi connectivity index (χ0v) is 18.2. The first-order valence-electron chi connectivity index (χ1n) is 11.7. The first-order valence-corrected chi connectivity index (χ1v) is 11.7. The van der Waals surface area contributed by atoms with Crippen LogP contribution in [0.1, 0.15) is 50.5 Å². The van der Waals surface area contributed by atoms with Crippen molar-refractivity contribution in [3.8, 4) is 0 Å². The number of ether oxygens (including phenoxy) is 1. The summed E-state index contributed by atoms with van der Waals surface area (Å²) >= 11 is 0. The van der Waals surface area contributed by atoms with Gasteiger partial charge in [0.15, 0.2) is 0 Å². The molecule has 1 unspecified atom stereocenters. The van der Waals surface area contributed by atoms with Gasteiger partial charge < -0.3 is 14.5 Å². The molecule has 0 amide bonds. The molecule has 3 aliphatic rings. The number of likely N-dealkylation sites (tertiary alicyclic amines) is 2. The molecule has 1 aromatic rings. The van der Waals surface area contributed by atoms with E-state index in [0.29, 0.717) is 0 Å². The van der Waals surface area contributed by atoms with Gasteiger partial charge in [-0.15, -0.1) is 0 Å². The first kappa shape index (κ1) is 20.9. The number of piperidine rings is 1. The van der Waals surface area contributed by atoms with Crippen LogP contribution in [0.3, 0.4) is 0 Å². The second-order valence-corrected chi connectivity index (χ2v) is 9.71. The zero-order valence-electron chi connectivity index (χ0n) is 18.2. The van der Waals surface area contributed by atoms with Gasteiger partial charge in [-0.25, -0.2) is 0 Å². The van der Waals surface area contributed by atoms with Crippen molar-refractivity contribution in [1.29, 1.82) is 0 Å². The molecule has 0 aromatic heterocycles. The summed E-state index contributed by atoms with van der Waals surface area (Å²) in [6, 6.07) is 10.7. The van der Waals surface area contributed by atoms with Gasteiger partial charge in [-0.1, -0.05) is 49.6 Å². The van der Waals surface area contributed by atoms with Gasteiger partial charge >= 0.3 is 5.97 Å². The highest BCUT2D eigenvalue weighted by Crippen LogP contribution is 2.45. The molecule has 29 heavy (non-hydrogen) atoms. The molecule has 4 rings (SSSR count). The van der Waals surface area contributed by atoms with E-state index in [1.165, 1.54) is 44.2 Å². The Morgan fingerprint density at radius 3 is 2.48 bits per heavy atom. The number of esters is 1. The van der Waals surface area contributed by atoms with Gasteiger partial charge in [-0.05, 0) is 56.7 Å². The van der Waals surface area contributed by atoms with Crippen LogP contribution in [0.25, 0.3) is 0 Å². The van der Waals surface area contributed by atoms with Crippen molar-refractivity contribution >= 4 is 5.97 Å². The van der Waals surface area contributed by atoms with Crippen LogP contribution in [0.15, 0.2) is 30.3 Å². The standard InChI is InChI=1S/C25H38N2O2/c1-29-24(28)23-19-27(15-12-21-8-4-2-5-9-21)20-25(23)13-16-26(17-14-25)18-22-10-6-3-7-11-22/h2,4-5,8-9,22-23H,3,6-7,10-20H2,1H3. The lowest BCUT2D eigenvalue weighted by molar-refractivity contribution is -0.149. The van der Waals surface area contributed by atoms with Gasteiger partial charge in [-0.2, -0.15) is 0 Å². The molecule has 0 bridgehead atoms. The lowest BCUT2D eigenvalue weighted by atomic mass is 9.70. The third-order valence-electron chi connectivity index (χ3n) is 7.86. The minimum Gasteiger partial charge on any atom is -0.469 e. The number of nitrogens with zero attached hydrogens (tertiary/aromatic N) is 2. The average molecular weight is 399 g/mol. The van der Waals surface area contributed by atoms with E-state index in [-0.39, 0.29) is 17.3 Å². The van der Waals surface area contributed by atoms with Crippen molar-refractivity contribution in [2.24, 2.45) is 17.3 Å². The molecule has 4 nitrogen and oxygen atoms in total. The number of hydrogen-bond acceptors (Lipinski definition) is 4. The number of carbonyl (C=O) groups excluding carboxylic acids is 1. The van der Waals surface area contributed by atoms with E-state index < -0.39 is 0 Å². The van der Waals surface area contributed by atoms with Gasteiger partial charge in [0.2, 0.25) is 0 Å². The third kappa shape index (κ3) is 5.03. The maximum absolute atomic E-state index is 12.6. The lowest BCUT2D eigenvalue weighted by Crippen LogP contribution is -2.47. The Morgan fingerprint density at radius 2 is 1.79 bits per heavy atom. The topological polar surface area (TPSA) is 32.8 Å². The maximum atomic E-state index is 12.6. The van der Waals surface area contributed by atoms with Crippen molar-refractivity contribution in [3.63, 3.8) is 0 Å². The van der Waals surface area contributed by atoms with Gasteiger partial charge in [0.1, 0.15) is 0 Å². The van der Waals surface area contributed by atoms with Gasteiger partial charge in [0, 0.05) is 31.6 Å². The van der Waals surface area contributed by atoms with Crippen LogP contribution in [-0.4, -0.2) is 62.1 Å². The van der Waals surface area contributed by atoms with Crippen LogP contribution in [0.4, 0.5) is 0 Å². The lowest BCUT2D eigenvalue weighted by Gasteiger charge is -2.43. The summed E-state index contributed by atoms with van der Waals surface area (Å²) in [6.07, 6.45) is 10.4. The number of rotatable bonds is 6. The van der Waals surface area contributed by atoms with E-state index in [9.17, 15) is 4.79 Å². The van der Waals surface area contributed by atoms with Crippen LogP contribution in [0, 0.1) is 17.3 Å². The summed E-state index contributed by atoms with van der Waals surface area (Å²) in [5.41, 5.74) is 1.50. The molecule has 0 N–H and O–H groups in total. The molecule has 1 aliphatic carbocycles. The van der Waals surface area contributed by atoms with Crippen molar-refractivity contribution in [2.45, 2.75) is 51.4 Å². The molecule has 1 aromatic carbocycles. The van der Waals surface area contributed by atoms with Gasteiger partial charge in [0.25, 0.3) is 0 Å². The Kier molecular flexibility index (Phi) is 6.92. The van der Waals surface area contributed by atoms with E-state index in [0.717, 1.165) is 57.9 Å². The minimum absolute atomic E-state index is 0.00735. The highest BCUT2D eigenvalue weighted by atomic mass is 16.5. The summed E-state index contributed by atoms with van der Waals surface area (Å²) in [7, 11) is 1.56. The highest BCUT2D eigenvalue weighted by Gasteiger charge is 2.51. The van der Waals surface area contributed by atoms with Crippen molar-refractivity contribution in [3.05, 3.63) is 35.9 Å². The highest BCUT2D eigenvalue weighted by molar-refractivity contribution is 5.74. The molecule has 4 heteroatoms. The van der Waals surface area contributed by atoms with Crippen molar-refractivity contribution in [1.82, 2.24) is 9.80 Å². The Balaban J connectivity index is 1.34. The molecule has 1 atom stereocenters. The van der Waals surface area contributed by atoms with Crippen molar-refractivity contribution in [2.75, 3.05) is 46.4 Å². The van der Waals surface area contributed by atoms with E-state index in [2.05, 4.69) is 40.1 Å². The predicted octanol–water partition coefficient (Wildman–Crippen LogP) is 4.00. The summed E-state index contributed by atoms with van der Waals surface area (Å²) in [6.45, 7) is 6.52. The molecular formula is C25H38N2O2. The van der Waals surface area contributed by atoms with Crippen LogP contribution in [-0.2, 0) is 16.0 Å². The summed E-state index contributed by atoms with van der Waals surface area (Å²) in [4.78, 5) is 17.8. The molecule has 2 aliphatic heterocycles. The predicted molar refractivity (Wildman–Crippen MR) is 117 cm³/mol. The summed E-state index contributed by atoms with van der Waals surface area (Å²) in [5, 5.41) is 0. The Morgan fingerprint density at radius 1 is 1.07 bits per heavy atom. The first-order chi connectivity index (χ1) is 14.2. The van der Waals surface area contributed by atoms with E-state index in [1.807, 2.05) is 0 Å². The molecule has 3 fully saturated rings. The van der Waals surface area contributed by atoms with Gasteiger partial charge in [0.05, 0.1) is 13.0 Å². The van der Waals surface area contributed by atoms with E-state index in [4.69, 9.17) is 4.74 Å². The Labute approximate surface area is 176 Å². The van der Waals surface area contributed by atoms with Crippen LogP contribution in [0.2, 0.25) is 0 Å². The van der Waals surface area contributed by atoms with Gasteiger partial charge in [-0.3, -0.25) is 4.79 Å². The normalized spacial score (nSPS) is 26.0. The number of hydrogen-bond donors (Lipinski definition) is 0. The average Bonchev–Trinajstić information content (AvgIpc) is 3.13. The molecule has 2 heterocycles. The maximum Gasteiger partial charge on any atom is 0.310 e. The fourth-order valence-electron chi connectivity index (χ4n) is 6.06. The second-order valence-electron chi connectivity index (χ2n) is 9.71.